The van der Waals surface area contributed by atoms with Gasteiger partial charge in [-0.2, -0.15) is 0 Å². The standard InChI is InChI=1S/C14H15BrN2O2S/c1-3-10-7-16-14(20-8-13(18)19)17(10)11-5-4-9(2)12(15)6-11/h4-7H,3,8H2,1-2H3,(H,18,19). The van der Waals surface area contributed by atoms with E-state index in [-0.39, 0.29) is 5.75 Å². The summed E-state index contributed by atoms with van der Waals surface area (Å²) in [6.45, 7) is 4.09. The van der Waals surface area contributed by atoms with Gasteiger partial charge in [0.2, 0.25) is 0 Å². The van der Waals surface area contributed by atoms with Crippen LogP contribution in [0, 0.1) is 6.92 Å². The van der Waals surface area contributed by atoms with E-state index in [9.17, 15) is 4.79 Å². The second kappa shape index (κ2) is 6.45. The molecule has 0 aliphatic rings. The molecule has 2 aromatic rings. The van der Waals surface area contributed by atoms with Crippen LogP contribution >= 0.6 is 27.7 Å². The molecule has 0 saturated heterocycles. The fourth-order valence-electron chi connectivity index (χ4n) is 1.84. The van der Waals surface area contributed by atoms with Crippen LogP contribution in [0.25, 0.3) is 5.69 Å². The summed E-state index contributed by atoms with van der Waals surface area (Å²) in [6.07, 6.45) is 2.64. The molecule has 0 unspecified atom stereocenters. The molecule has 4 nitrogen and oxygen atoms in total. The Morgan fingerprint density at radius 2 is 2.25 bits per heavy atom. The molecule has 6 heteroatoms. The van der Waals surface area contributed by atoms with Gasteiger partial charge in [-0.3, -0.25) is 9.36 Å². The van der Waals surface area contributed by atoms with Crippen molar-refractivity contribution < 1.29 is 9.90 Å². The lowest BCUT2D eigenvalue weighted by Crippen LogP contribution is -2.04. The van der Waals surface area contributed by atoms with Gasteiger partial charge in [0.05, 0.1) is 5.75 Å². The third-order valence-corrected chi connectivity index (χ3v) is 4.69. The number of carboxylic acid groups (broad SMARTS) is 1. The predicted octanol–water partition coefficient (Wildman–Crippen LogP) is 3.68. The van der Waals surface area contributed by atoms with E-state index in [1.807, 2.05) is 29.7 Å². The Labute approximate surface area is 130 Å². The summed E-state index contributed by atoms with van der Waals surface area (Å²) >= 11 is 4.76. The lowest BCUT2D eigenvalue weighted by molar-refractivity contribution is -0.133. The van der Waals surface area contributed by atoms with Crippen LogP contribution in [0.1, 0.15) is 18.2 Å². The number of hydrogen-bond donors (Lipinski definition) is 1. The Bertz CT molecular complexity index is 640. The molecule has 0 saturated carbocycles. The number of benzene rings is 1. The number of halogens is 1. The first-order valence-corrected chi connectivity index (χ1v) is 7.98. The largest absolute Gasteiger partial charge is 0.481 e. The van der Waals surface area contributed by atoms with E-state index < -0.39 is 5.97 Å². The van der Waals surface area contributed by atoms with Crippen molar-refractivity contribution >= 4 is 33.7 Å². The Kier molecular flexibility index (Phi) is 4.88. The SMILES string of the molecule is CCc1cnc(SCC(=O)O)n1-c1ccc(C)c(Br)c1. The van der Waals surface area contributed by atoms with E-state index in [2.05, 4.69) is 27.8 Å². The van der Waals surface area contributed by atoms with E-state index >= 15 is 0 Å². The highest BCUT2D eigenvalue weighted by Gasteiger charge is 2.13. The monoisotopic (exact) mass is 354 g/mol. The summed E-state index contributed by atoms with van der Waals surface area (Å²) in [6, 6.07) is 6.08. The van der Waals surface area contributed by atoms with Crippen molar-refractivity contribution in [2.45, 2.75) is 25.4 Å². The predicted molar refractivity (Wildman–Crippen MR) is 83.7 cm³/mol. The molecular formula is C14H15BrN2O2S. The second-order valence-electron chi connectivity index (χ2n) is 4.34. The highest BCUT2D eigenvalue weighted by atomic mass is 79.9. The van der Waals surface area contributed by atoms with Crippen molar-refractivity contribution in [3.63, 3.8) is 0 Å². The molecule has 0 atom stereocenters. The average molecular weight is 355 g/mol. The Morgan fingerprint density at radius 1 is 1.50 bits per heavy atom. The number of imidazole rings is 1. The van der Waals surface area contributed by atoms with Crippen LogP contribution in [0.15, 0.2) is 34.0 Å². The minimum Gasteiger partial charge on any atom is -0.481 e. The Morgan fingerprint density at radius 3 is 2.85 bits per heavy atom. The smallest absolute Gasteiger partial charge is 0.313 e. The van der Waals surface area contributed by atoms with Gasteiger partial charge >= 0.3 is 5.97 Å². The Balaban J connectivity index is 2.44. The van der Waals surface area contributed by atoms with E-state index in [0.29, 0.717) is 5.16 Å². The minimum atomic E-state index is -0.840. The number of aliphatic carboxylic acids is 1. The first-order chi connectivity index (χ1) is 9.52. The molecule has 0 aliphatic carbocycles. The lowest BCUT2D eigenvalue weighted by atomic mass is 10.2. The lowest BCUT2D eigenvalue weighted by Gasteiger charge is -2.11. The summed E-state index contributed by atoms with van der Waals surface area (Å²) in [4.78, 5) is 15.1. The molecule has 2 rings (SSSR count). The van der Waals surface area contributed by atoms with Crippen molar-refractivity contribution in [1.29, 1.82) is 0 Å². The van der Waals surface area contributed by atoms with Gasteiger partial charge in [-0.25, -0.2) is 4.98 Å². The molecule has 20 heavy (non-hydrogen) atoms. The van der Waals surface area contributed by atoms with Gasteiger partial charge in [0.25, 0.3) is 0 Å². The maximum atomic E-state index is 10.7. The van der Waals surface area contributed by atoms with Crippen molar-refractivity contribution in [3.8, 4) is 5.69 Å². The highest BCUT2D eigenvalue weighted by molar-refractivity contribution is 9.10. The zero-order chi connectivity index (χ0) is 14.7. The fourth-order valence-corrected chi connectivity index (χ4v) is 2.94. The van der Waals surface area contributed by atoms with Gasteiger partial charge in [0.15, 0.2) is 5.16 Å². The molecule has 1 N–H and O–H groups in total. The van der Waals surface area contributed by atoms with Crippen LogP contribution in [0.2, 0.25) is 0 Å². The van der Waals surface area contributed by atoms with Crippen LogP contribution < -0.4 is 0 Å². The summed E-state index contributed by atoms with van der Waals surface area (Å²) in [5.74, 6) is -0.833. The number of hydrogen-bond acceptors (Lipinski definition) is 3. The number of aryl methyl sites for hydroxylation is 2. The quantitative estimate of drug-likeness (QED) is 0.832. The van der Waals surface area contributed by atoms with E-state index in [4.69, 9.17) is 5.11 Å². The highest BCUT2D eigenvalue weighted by Crippen LogP contribution is 2.27. The summed E-state index contributed by atoms with van der Waals surface area (Å²) in [7, 11) is 0. The maximum Gasteiger partial charge on any atom is 0.313 e. The van der Waals surface area contributed by atoms with Crippen LogP contribution in [0.3, 0.4) is 0 Å². The van der Waals surface area contributed by atoms with Crippen LogP contribution in [0.5, 0.6) is 0 Å². The van der Waals surface area contributed by atoms with Crippen LogP contribution in [0.4, 0.5) is 0 Å². The van der Waals surface area contributed by atoms with E-state index in [1.165, 1.54) is 11.8 Å². The van der Waals surface area contributed by atoms with Gasteiger partial charge in [0, 0.05) is 22.1 Å². The molecule has 0 spiro atoms. The van der Waals surface area contributed by atoms with Crippen molar-refractivity contribution in [1.82, 2.24) is 9.55 Å². The maximum absolute atomic E-state index is 10.7. The molecule has 106 valence electrons. The average Bonchev–Trinajstić information content (AvgIpc) is 2.82. The molecule has 0 radical (unpaired) electrons. The first kappa shape index (κ1) is 15.1. The van der Waals surface area contributed by atoms with Crippen LogP contribution in [-0.2, 0) is 11.2 Å². The topological polar surface area (TPSA) is 55.1 Å². The molecule has 1 aromatic heterocycles. The summed E-state index contributed by atoms with van der Waals surface area (Å²) in [5.41, 5.74) is 3.21. The fraction of sp³-hybridized carbons (Fsp3) is 0.286. The normalized spacial score (nSPS) is 10.8. The molecule has 1 aromatic carbocycles. The van der Waals surface area contributed by atoms with Crippen LogP contribution in [-0.4, -0.2) is 26.4 Å². The van der Waals surface area contributed by atoms with Crippen molar-refractivity contribution in [2.75, 3.05) is 5.75 Å². The number of nitrogens with zero attached hydrogens (tertiary/aromatic N) is 2. The van der Waals surface area contributed by atoms with Gasteiger partial charge in [-0.15, -0.1) is 0 Å². The Hall–Kier alpha value is -1.27. The van der Waals surface area contributed by atoms with E-state index in [0.717, 1.165) is 27.8 Å². The number of carboxylic acids is 1. The summed E-state index contributed by atoms with van der Waals surface area (Å²) in [5, 5.41) is 9.52. The molecular weight excluding hydrogens is 340 g/mol. The van der Waals surface area contributed by atoms with Crippen molar-refractivity contribution in [3.05, 3.63) is 40.1 Å². The number of rotatable bonds is 5. The zero-order valence-electron chi connectivity index (χ0n) is 11.3. The minimum absolute atomic E-state index is 0.00714. The van der Waals surface area contributed by atoms with Gasteiger partial charge < -0.3 is 5.11 Å². The number of carbonyl (C=O) groups is 1. The van der Waals surface area contributed by atoms with Gasteiger partial charge in [-0.1, -0.05) is 40.7 Å². The number of aromatic nitrogens is 2. The molecule has 0 fully saturated rings. The first-order valence-electron chi connectivity index (χ1n) is 6.20. The molecule has 0 amide bonds. The zero-order valence-corrected chi connectivity index (χ0v) is 13.7. The van der Waals surface area contributed by atoms with E-state index in [1.54, 1.807) is 6.20 Å². The van der Waals surface area contributed by atoms with Gasteiger partial charge in [-0.05, 0) is 31.0 Å². The molecule has 0 aliphatic heterocycles. The van der Waals surface area contributed by atoms with Gasteiger partial charge in [0.1, 0.15) is 0 Å². The number of thioether (sulfide) groups is 1. The third kappa shape index (κ3) is 3.24. The third-order valence-electron chi connectivity index (χ3n) is 2.90. The molecule has 1 heterocycles. The van der Waals surface area contributed by atoms with Crippen molar-refractivity contribution in [2.24, 2.45) is 0 Å². The second-order valence-corrected chi connectivity index (χ2v) is 6.13. The molecule has 0 bridgehead atoms. The summed E-state index contributed by atoms with van der Waals surface area (Å²) < 4.78 is 3.04.